The van der Waals surface area contributed by atoms with Crippen molar-refractivity contribution in [2.75, 3.05) is 19.6 Å². The topological polar surface area (TPSA) is 55.6 Å². The number of carbonyl (C=O) groups is 1. The van der Waals surface area contributed by atoms with E-state index in [1.807, 2.05) is 20.8 Å². The van der Waals surface area contributed by atoms with Crippen LogP contribution in [0.5, 0.6) is 0 Å². The molecule has 1 saturated heterocycles. The minimum atomic E-state index is -0.404. The Balaban J connectivity index is 2.42. The van der Waals surface area contributed by atoms with Gasteiger partial charge in [0.1, 0.15) is 5.60 Å². The zero-order chi connectivity index (χ0) is 13.1. The molecule has 17 heavy (non-hydrogen) atoms. The highest BCUT2D eigenvalue weighted by Gasteiger charge is 2.26. The molecule has 1 fully saturated rings. The number of rotatable bonds is 3. The molecule has 0 aromatic rings. The number of hydrogen-bond acceptors (Lipinski definition) is 4. The van der Waals surface area contributed by atoms with Crippen LogP contribution < -0.4 is 5.73 Å². The second-order valence-corrected chi connectivity index (χ2v) is 6.05. The van der Waals surface area contributed by atoms with E-state index in [-0.39, 0.29) is 12.0 Å². The molecule has 100 valence electrons. The average Bonchev–Trinajstić information content (AvgIpc) is 2.13. The largest absolute Gasteiger partial charge is 0.459 e. The maximum atomic E-state index is 11.7. The van der Waals surface area contributed by atoms with Crippen molar-refractivity contribution in [3.8, 4) is 0 Å². The molecule has 4 heteroatoms. The molecule has 1 aliphatic heterocycles. The van der Waals surface area contributed by atoms with Gasteiger partial charge in [0, 0.05) is 19.1 Å². The Morgan fingerprint density at radius 2 is 2.06 bits per heavy atom. The van der Waals surface area contributed by atoms with Crippen molar-refractivity contribution >= 4 is 5.97 Å². The monoisotopic (exact) mass is 242 g/mol. The minimum absolute atomic E-state index is 0.151. The third-order valence-corrected chi connectivity index (χ3v) is 3.00. The molecule has 0 saturated carbocycles. The Morgan fingerprint density at radius 1 is 1.41 bits per heavy atom. The van der Waals surface area contributed by atoms with E-state index in [1.165, 1.54) is 0 Å². The molecule has 0 aliphatic carbocycles. The number of esters is 1. The van der Waals surface area contributed by atoms with Crippen LogP contribution in [-0.4, -0.2) is 42.1 Å². The van der Waals surface area contributed by atoms with Gasteiger partial charge >= 0.3 is 5.97 Å². The molecule has 0 radical (unpaired) electrons. The summed E-state index contributed by atoms with van der Waals surface area (Å²) in [5.41, 5.74) is 5.60. The van der Waals surface area contributed by atoms with Crippen LogP contribution in [0.3, 0.4) is 0 Å². The van der Waals surface area contributed by atoms with Crippen LogP contribution >= 0.6 is 0 Å². The van der Waals surface area contributed by atoms with Gasteiger partial charge in [-0.3, -0.25) is 9.69 Å². The number of ether oxygens (including phenoxy) is 1. The summed E-state index contributed by atoms with van der Waals surface area (Å²) in [6, 6.07) is 0.191. The predicted octanol–water partition coefficient (Wildman–Crippen LogP) is 1.39. The molecular weight excluding hydrogens is 216 g/mol. The molecule has 1 heterocycles. The highest BCUT2D eigenvalue weighted by Crippen LogP contribution is 2.18. The molecule has 2 atom stereocenters. The maximum absolute atomic E-state index is 11.7. The maximum Gasteiger partial charge on any atom is 0.320 e. The highest BCUT2D eigenvalue weighted by molar-refractivity contribution is 5.72. The van der Waals surface area contributed by atoms with Gasteiger partial charge in [-0.2, -0.15) is 0 Å². The molecule has 2 unspecified atom stereocenters. The SMILES string of the molecule is CCC1CC(N)CN(CC(=O)OC(C)(C)C)C1. The van der Waals surface area contributed by atoms with Gasteiger partial charge in [-0.1, -0.05) is 13.3 Å². The van der Waals surface area contributed by atoms with Crippen molar-refractivity contribution in [3.05, 3.63) is 0 Å². The summed E-state index contributed by atoms with van der Waals surface area (Å²) in [6.07, 6.45) is 2.19. The summed E-state index contributed by atoms with van der Waals surface area (Å²) in [7, 11) is 0. The van der Waals surface area contributed by atoms with Crippen molar-refractivity contribution in [2.45, 2.75) is 52.2 Å². The number of nitrogens with two attached hydrogens (primary N) is 1. The predicted molar refractivity (Wildman–Crippen MR) is 68.7 cm³/mol. The second-order valence-electron chi connectivity index (χ2n) is 6.05. The molecule has 0 aromatic carbocycles. The Hall–Kier alpha value is -0.610. The van der Waals surface area contributed by atoms with Gasteiger partial charge < -0.3 is 10.5 Å². The van der Waals surface area contributed by atoms with Gasteiger partial charge in [0.25, 0.3) is 0 Å². The first-order valence-electron chi connectivity index (χ1n) is 6.50. The smallest absolute Gasteiger partial charge is 0.320 e. The molecule has 4 nitrogen and oxygen atoms in total. The van der Waals surface area contributed by atoms with E-state index in [1.54, 1.807) is 0 Å². The lowest BCUT2D eigenvalue weighted by atomic mass is 9.93. The van der Waals surface area contributed by atoms with Crippen LogP contribution in [-0.2, 0) is 9.53 Å². The minimum Gasteiger partial charge on any atom is -0.459 e. The normalized spacial score (nSPS) is 26.9. The summed E-state index contributed by atoms with van der Waals surface area (Å²) in [5, 5.41) is 0. The Labute approximate surface area is 104 Å². The second kappa shape index (κ2) is 5.83. The van der Waals surface area contributed by atoms with Gasteiger partial charge in [0.15, 0.2) is 0 Å². The fraction of sp³-hybridized carbons (Fsp3) is 0.923. The van der Waals surface area contributed by atoms with Crippen molar-refractivity contribution in [1.82, 2.24) is 4.90 Å². The lowest BCUT2D eigenvalue weighted by molar-refractivity contribution is -0.156. The Kier molecular flexibility index (Phi) is 4.95. The van der Waals surface area contributed by atoms with Gasteiger partial charge in [-0.15, -0.1) is 0 Å². The quantitative estimate of drug-likeness (QED) is 0.760. The molecule has 0 aromatic heterocycles. The fourth-order valence-corrected chi connectivity index (χ4v) is 2.33. The van der Waals surface area contributed by atoms with Gasteiger partial charge in [0.05, 0.1) is 6.54 Å². The van der Waals surface area contributed by atoms with Crippen molar-refractivity contribution < 1.29 is 9.53 Å². The molecular formula is C13H26N2O2. The summed E-state index contributed by atoms with van der Waals surface area (Å²) in [4.78, 5) is 13.8. The van der Waals surface area contributed by atoms with Crippen LogP contribution in [0.15, 0.2) is 0 Å². The number of likely N-dealkylation sites (tertiary alicyclic amines) is 1. The van der Waals surface area contributed by atoms with Crippen LogP contribution in [0.25, 0.3) is 0 Å². The molecule has 0 spiro atoms. The summed E-state index contributed by atoms with van der Waals surface area (Å²) < 4.78 is 5.32. The molecule has 0 amide bonds. The van der Waals surface area contributed by atoms with E-state index < -0.39 is 5.60 Å². The lowest BCUT2D eigenvalue weighted by Crippen LogP contribution is -2.49. The van der Waals surface area contributed by atoms with Crippen molar-refractivity contribution in [2.24, 2.45) is 11.7 Å². The van der Waals surface area contributed by atoms with E-state index in [0.717, 1.165) is 25.9 Å². The first kappa shape index (κ1) is 14.5. The van der Waals surface area contributed by atoms with Crippen LogP contribution in [0.2, 0.25) is 0 Å². The Bertz CT molecular complexity index is 261. The number of piperidine rings is 1. The number of nitrogens with zero attached hydrogens (tertiary/aromatic N) is 1. The number of carbonyl (C=O) groups excluding carboxylic acids is 1. The molecule has 1 aliphatic rings. The molecule has 2 N–H and O–H groups in total. The molecule has 0 bridgehead atoms. The van der Waals surface area contributed by atoms with Gasteiger partial charge in [0.2, 0.25) is 0 Å². The zero-order valence-electron chi connectivity index (χ0n) is 11.5. The Morgan fingerprint density at radius 3 is 2.59 bits per heavy atom. The first-order chi connectivity index (χ1) is 7.80. The number of hydrogen-bond donors (Lipinski definition) is 1. The van der Waals surface area contributed by atoms with Crippen LogP contribution in [0.4, 0.5) is 0 Å². The summed E-state index contributed by atoms with van der Waals surface area (Å²) in [6.45, 7) is 9.97. The van der Waals surface area contributed by atoms with Crippen molar-refractivity contribution in [1.29, 1.82) is 0 Å². The highest BCUT2D eigenvalue weighted by atomic mass is 16.6. The first-order valence-corrected chi connectivity index (χ1v) is 6.50. The van der Waals surface area contributed by atoms with Gasteiger partial charge in [-0.05, 0) is 33.1 Å². The van der Waals surface area contributed by atoms with E-state index in [2.05, 4.69) is 11.8 Å². The fourth-order valence-electron chi connectivity index (χ4n) is 2.33. The van der Waals surface area contributed by atoms with E-state index in [9.17, 15) is 4.79 Å². The van der Waals surface area contributed by atoms with Crippen LogP contribution in [0, 0.1) is 5.92 Å². The van der Waals surface area contributed by atoms with Crippen LogP contribution in [0.1, 0.15) is 40.5 Å². The van der Waals surface area contributed by atoms with Crippen molar-refractivity contribution in [3.63, 3.8) is 0 Å². The standard InChI is InChI=1S/C13H26N2O2/c1-5-10-6-11(14)8-15(7-10)9-12(16)17-13(2,3)4/h10-11H,5-9,14H2,1-4H3. The van der Waals surface area contributed by atoms with E-state index in [0.29, 0.717) is 12.5 Å². The summed E-state index contributed by atoms with van der Waals surface area (Å²) in [5.74, 6) is 0.461. The average molecular weight is 242 g/mol. The van der Waals surface area contributed by atoms with Gasteiger partial charge in [-0.25, -0.2) is 0 Å². The molecule has 1 rings (SSSR count). The third kappa shape index (κ3) is 5.50. The lowest BCUT2D eigenvalue weighted by Gasteiger charge is -2.35. The zero-order valence-corrected chi connectivity index (χ0v) is 11.5. The third-order valence-electron chi connectivity index (χ3n) is 3.00. The summed E-state index contributed by atoms with van der Waals surface area (Å²) >= 11 is 0. The van der Waals surface area contributed by atoms with E-state index in [4.69, 9.17) is 10.5 Å². The van der Waals surface area contributed by atoms with E-state index >= 15 is 0 Å².